The Labute approximate surface area is 169 Å². The monoisotopic (exact) mass is 425 g/mol. The van der Waals surface area contributed by atoms with Crippen LogP contribution >= 0.6 is 11.6 Å². The Bertz CT molecular complexity index is 1170. The Morgan fingerprint density at radius 1 is 1.34 bits per heavy atom. The van der Waals surface area contributed by atoms with Gasteiger partial charge < -0.3 is 10.3 Å². The summed E-state index contributed by atoms with van der Waals surface area (Å²) in [4.78, 5) is 16.3. The molecule has 10 heteroatoms. The van der Waals surface area contributed by atoms with Crippen LogP contribution in [0.25, 0.3) is 10.9 Å². The van der Waals surface area contributed by atoms with Gasteiger partial charge in [-0.1, -0.05) is 18.5 Å². The SMILES string of the molecule is CCC(N)(c1cnc(C(F)(F)F)c(Cl)c1)c1c2ccn(C3CC3)c(=O)c2nn1C. The van der Waals surface area contributed by atoms with Gasteiger partial charge >= 0.3 is 6.18 Å². The van der Waals surface area contributed by atoms with E-state index in [4.69, 9.17) is 17.3 Å². The van der Waals surface area contributed by atoms with Gasteiger partial charge in [-0.2, -0.15) is 18.3 Å². The van der Waals surface area contributed by atoms with E-state index in [0.717, 1.165) is 19.0 Å². The van der Waals surface area contributed by atoms with Crippen molar-refractivity contribution < 1.29 is 13.2 Å². The van der Waals surface area contributed by atoms with Crippen LogP contribution in [0.3, 0.4) is 0 Å². The maximum atomic E-state index is 13.0. The molecule has 0 spiro atoms. The predicted octanol–water partition coefficient (Wildman–Crippen LogP) is 3.75. The molecule has 0 radical (unpaired) electrons. The van der Waals surface area contributed by atoms with Gasteiger partial charge in [0.25, 0.3) is 5.56 Å². The molecule has 1 saturated carbocycles. The molecule has 4 rings (SSSR count). The highest BCUT2D eigenvalue weighted by molar-refractivity contribution is 6.31. The summed E-state index contributed by atoms with van der Waals surface area (Å²) in [6.45, 7) is 1.80. The average Bonchev–Trinajstić information content (AvgIpc) is 3.42. The van der Waals surface area contributed by atoms with Crippen LogP contribution in [0.5, 0.6) is 0 Å². The van der Waals surface area contributed by atoms with Crippen LogP contribution in [0.2, 0.25) is 5.02 Å². The summed E-state index contributed by atoms with van der Waals surface area (Å²) in [5.41, 5.74) is 5.21. The molecule has 29 heavy (non-hydrogen) atoms. The number of halogens is 4. The van der Waals surface area contributed by atoms with Crippen molar-refractivity contribution >= 4 is 22.5 Å². The summed E-state index contributed by atoms with van der Waals surface area (Å²) >= 11 is 5.87. The molecule has 1 fully saturated rings. The second-order valence-electron chi connectivity index (χ2n) is 7.37. The fourth-order valence-corrected chi connectivity index (χ4v) is 4.04. The molecule has 0 amide bonds. The van der Waals surface area contributed by atoms with Crippen molar-refractivity contribution in [1.82, 2.24) is 19.3 Å². The largest absolute Gasteiger partial charge is 0.434 e. The molecule has 3 aromatic rings. The lowest BCUT2D eigenvalue weighted by Gasteiger charge is -2.29. The molecular formula is C19H19ClF3N5O. The number of aryl methyl sites for hydroxylation is 1. The lowest BCUT2D eigenvalue weighted by atomic mass is 9.84. The Kier molecular flexibility index (Phi) is 4.51. The fraction of sp³-hybridized carbons (Fsp3) is 0.421. The highest BCUT2D eigenvalue weighted by atomic mass is 35.5. The lowest BCUT2D eigenvalue weighted by molar-refractivity contribution is -0.141. The Morgan fingerprint density at radius 2 is 2.03 bits per heavy atom. The molecule has 3 heterocycles. The van der Waals surface area contributed by atoms with Gasteiger partial charge in [-0.15, -0.1) is 0 Å². The minimum absolute atomic E-state index is 0.198. The molecule has 3 aromatic heterocycles. The first-order chi connectivity index (χ1) is 13.6. The zero-order chi connectivity index (χ0) is 21.1. The number of pyridine rings is 2. The number of nitrogens with two attached hydrogens (primary N) is 1. The predicted molar refractivity (Wildman–Crippen MR) is 103 cm³/mol. The maximum absolute atomic E-state index is 13.0. The van der Waals surface area contributed by atoms with Gasteiger partial charge in [0.15, 0.2) is 11.2 Å². The van der Waals surface area contributed by atoms with Gasteiger partial charge in [0.05, 0.1) is 16.3 Å². The Morgan fingerprint density at radius 3 is 2.59 bits per heavy atom. The molecule has 0 aromatic carbocycles. The van der Waals surface area contributed by atoms with Crippen LogP contribution in [-0.2, 0) is 18.8 Å². The van der Waals surface area contributed by atoms with Gasteiger partial charge in [0, 0.05) is 30.9 Å². The Balaban J connectivity index is 1.90. The molecule has 0 bridgehead atoms. The first-order valence-electron chi connectivity index (χ1n) is 9.18. The normalized spacial score (nSPS) is 16.9. The fourth-order valence-electron chi connectivity index (χ4n) is 3.77. The van der Waals surface area contributed by atoms with Gasteiger partial charge in [0.1, 0.15) is 0 Å². The minimum atomic E-state index is -4.66. The summed E-state index contributed by atoms with van der Waals surface area (Å²) in [6.07, 6.45) is 0.389. The highest BCUT2D eigenvalue weighted by Crippen LogP contribution is 2.39. The van der Waals surface area contributed by atoms with Crippen molar-refractivity contribution in [2.45, 2.75) is 43.9 Å². The van der Waals surface area contributed by atoms with E-state index in [0.29, 0.717) is 23.1 Å². The van der Waals surface area contributed by atoms with Crippen LogP contribution in [-0.4, -0.2) is 19.3 Å². The summed E-state index contributed by atoms with van der Waals surface area (Å²) in [5, 5.41) is 4.41. The van der Waals surface area contributed by atoms with Crippen molar-refractivity contribution in [1.29, 1.82) is 0 Å². The molecule has 1 aliphatic carbocycles. The van der Waals surface area contributed by atoms with E-state index in [2.05, 4.69) is 10.1 Å². The van der Waals surface area contributed by atoms with Gasteiger partial charge in [-0.05, 0) is 37.0 Å². The van der Waals surface area contributed by atoms with Crippen molar-refractivity contribution in [2.24, 2.45) is 12.8 Å². The molecule has 0 saturated heterocycles. The number of fused-ring (bicyclic) bond motifs is 1. The number of nitrogens with zero attached hydrogens (tertiary/aromatic N) is 4. The second-order valence-corrected chi connectivity index (χ2v) is 7.78. The van der Waals surface area contributed by atoms with Crippen LogP contribution < -0.4 is 11.3 Å². The molecule has 6 nitrogen and oxygen atoms in total. The zero-order valence-corrected chi connectivity index (χ0v) is 16.6. The van der Waals surface area contributed by atoms with E-state index >= 15 is 0 Å². The molecule has 154 valence electrons. The summed E-state index contributed by atoms with van der Waals surface area (Å²) < 4.78 is 42.3. The summed E-state index contributed by atoms with van der Waals surface area (Å²) in [6, 6.07) is 3.17. The van der Waals surface area contributed by atoms with Crippen LogP contribution in [0.15, 0.2) is 29.3 Å². The van der Waals surface area contributed by atoms with Gasteiger partial charge in [-0.25, -0.2) is 4.98 Å². The van der Waals surface area contributed by atoms with Crippen molar-refractivity contribution in [3.05, 3.63) is 56.9 Å². The van der Waals surface area contributed by atoms with Crippen LogP contribution in [0.4, 0.5) is 13.2 Å². The molecule has 1 aliphatic rings. The van der Waals surface area contributed by atoms with E-state index in [1.54, 1.807) is 30.8 Å². The van der Waals surface area contributed by atoms with Crippen molar-refractivity contribution in [3.8, 4) is 0 Å². The zero-order valence-electron chi connectivity index (χ0n) is 15.8. The number of hydrogen-bond acceptors (Lipinski definition) is 4. The van der Waals surface area contributed by atoms with E-state index in [1.165, 1.54) is 10.7 Å². The summed E-state index contributed by atoms with van der Waals surface area (Å²) in [5.74, 6) is 0. The average molecular weight is 426 g/mol. The number of alkyl halides is 3. The number of hydrogen-bond donors (Lipinski definition) is 1. The molecule has 1 unspecified atom stereocenters. The maximum Gasteiger partial charge on any atom is 0.434 e. The number of aromatic nitrogens is 4. The first-order valence-corrected chi connectivity index (χ1v) is 9.56. The topological polar surface area (TPSA) is 78.7 Å². The van der Waals surface area contributed by atoms with Gasteiger partial charge in [0.2, 0.25) is 0 Å². The van der Waals surface area contributed by atoms with Crippen LogP contribution in [0.1, 0.15) is 49.2 Å². The van der Waals surface area contributed by atoms with Crippen molar-refractivity contribution in [2.75, 3.05) is 0 Å². The van der Waals surface area contributed by atoms with E-state index < -0.39 is 22.4 Å². The first kappa shape index (κ1) is 19.9. The second kappa shape index (κ2) is 6.56. The number of rotatable bonds is 4. The highest BCUT2D eigenvalue weighted by Gasteiger charge is 2.39. The molecule has 1 atom stereocenters. The molecule has 2 N–H and O–H groups in total. The summed E-state index contributed by atoms with van der Waals surface area (Å²) in [7, 11) is 1.66. The standard InChI is InChI=1S/C19H19ClF3N5O/c1-3-18(24,10-8-13(20)15(25-9-10)19(21,22)23)16-12-6-7-28(11-4-5-11)17(29)14(12)26-27(16)2/h6-9,11H,3-5,24H2,1-2H3. The smallest absolute Gasteiger partial charge is 0.316 e. The van der Waals surface area contributed by atoms with E-state index in [9.17, 15) is 18.0 Å². The minimum Gasteiger partial charge on any atom is -0.316 e. The van der Waals surface area contributed by atoms with E-state index in [1.807, 2.05) is 0 Å². The third kappa shape index (κ3) is 3.12. The quantitative estimate of drug-likeness (QED) is 0.690. The third-order valence-corrected chi connectivity index (χ3v) is 5.76. The Hall–Kier alpha value is -2.39. The lowest BCUT2D eigenvalue weighted by Crippen LogP contribution is -2.39. The third-order valence-electron chi connectivity index (χ3n) is 5.47. The van der Waals surface area contributed by atoms with E-state index in [-0.39, 0.29) is 17.1 Å². The molecule has 0 aliphatic heterocycles. The molecular weight excluding hydrogens is 407 g/mol. The van der Waals surface area contributed by atoms with Gasteiger partial charge in [-0.3, -0.25) is 9.48 Å². The van der Waals surface area contributed by atoms with Crippen molar-refractivity contribution in [3.63, 3.8) is 0 Å². The van der Waals surface area contributed by atoms with Crippen LogP contribution in [0, 0.1) is 0 Å².